The molecule has 1 aromatic carbocycles. The average molecular weight is 383 g/mol. The average Bonchev–Trinajstić information content (AvgIpc) is 3.03. The Hall–Kier alpha value is -3.19. The van der Waals surface area contributed by atoms with E-state index < -0.39 is 18.1 Å². The van der Waals surface area contributed by atoms with Crippen LogP contribution in [0, 0.1) is 0 Å². The van der Waals surface area contributed by atoms with Crippen LogP contribution in [0.5, 0.6) is 0 Å². The Morgan fingerprint density at radius 1 is 1.22 bits per heavy atom. The van der Waals surface area contributed by atoms with E-state index in [1.807, 2.05) is 31.2 Å². The molecule has 3 heterocycles. The zero-order chi connectivity index (χ0) is 19.1. The third kappa shape index (κ3) is 2.86. The molecule has 7 nitrogen and oxygen atoms in total. The molecular formula is C19H15ClN4O3. The number of rotatable bonds is 4. The van der Waals surface area contributed by atoms with Crippen LogP contribution in [0.1, 0.15) is 12.6 Å². The van der Waals surface area contributed by atoms with Crippen molar-refractivity contribution in [3.05, 3.63) is 63.8 Å². The van der Waals surface area contributed by atoms with E-state index in [1.54, 1.807) is 10.6 Å². The molecule has 0 saturated carbocycles. The Bertz CT molecular complexity index is 1240. The summed E-state index contributed by atoms with van der Waals surface area (Å²) in [6.45, 7) is 1.60. The van der Waals surface area contributed by atoms with Gasteiger partial charge in [0.2, 0.25) is 0 Å². The third-order valence-electron chi connectivity index (χ3n) is 4.43. The van der Waals surface area contributed by atoms with E-state index in [4.69, 9.17) is 16.7 Å². The van der Waals surface area contributed by atoms with Crippen LogP contribution in [0.3, 0.4) is 0 Å². The van der Waals surface area contributed by atoms with E-state index in [0.29, 0.717) is 28.0 Å². The first-order valence-electron chi connectivity index (χ1n) is 8.37. The maximum atomic E-state index is 12.6. The van der Waals surface area contributed by atoms with Crippen molar-refractivity contribution in [1.82, 2.24) is 19.2 Å². The first kappa shape index (κ1) is 17.2. The van der Waals surface area contributed by atoms with Gasteiger partial charge in [-0.15, -0.1) is 0 Å². The molecule has 0 fully saturated rings. The number of aryl methyl sites for hydroxylation is 1. The molecule has 136 valence electrons. The molecule has 0 bridgehead atoms. The van der Waals surface area contributed by atoms with Crippen molar-refractivity contribution >= 4 is 34.1 Å². The molecule has 0 aliphatic rings. The van der Waals surface area contributed by atoms with Crippen LogP contribution in [0.25, 0.3) is 27.7 Å². The number of hydrogen-bond acceptors (Lipinski definition) is 4. The second-order valence-corrected chi connectivity index (χ2v) is 6.55. The number of carbonyl (C=O) groups is 1. The van der Waals surface area contributed by atoms with Gasteiger partial charge in [-0.2, -0.15) is 5.10 Å². The molecule has 0 unspecified atom stereocenters. The largest absolute Gasteiger partial charge is 0.480 e. The first-order valence-corrected chi connectivity index (χ1v) is 8.75. The van der Waals surface area contributed by atoms with Crippen molar-refractivity contribution in [2.75, 3.05) is 0 Å². The normalized spacial score (nSPS) is 11.3. The molecule has 0 spiro atoms. The molecule has 4 rings (SSSR count). The number of benzene rings is 1. The van der Waals surface area contributed by atoms with Gasteiger partial charge in [0.05, 0.1) is 16.6 Å². The van der Waals surface area contributed by atoms with E-state index in [9.17, 15) is 9.59 Å². The molecule has 3 aromatic heterocycles. The van der Waals surface area contributed by atoms with Crippen LogP contribution in [-0.2, 0) is 17.8 Å². The van der Waals surface area contributed by atoms with Crippen molar-refractivity contribution in [2.24, 2.45) is 0 Å². The Morgan fingerprint density at radius 2 is 1.96 bits per heavy atom. The second kappa shape index (κ2) is 6.51. The summed E-state index contributed by atoms with van der Waals surface area (Å²) in [5, 5.41) is 14.6. The Morgan fingerprint density at radius 3 is 2.63 bits per heavy atom. The molecule has 0 atom stereocenters. The molecule has 8 heteroatoms. The number of hydrogen-bond donors (Lipinski definition) is 1. The summed E-state index contributed by atoms with van der Waals surface area (Å²) >= 11 is 6.00. The molecule has 27 heavy (non-hydrogen) atoms. The predicted molar refractivity (Wildman–Crippen MR) is 102 cm³/mol. The Kier molecular flexibility index (Phi) is 4.16. The fourth-order valence-electron chi connectivity index (χ4n) is 3.18. The van der Waals surface area contributed by atoms with Crippen LogP contribution in [0.4, 0.5) is 0 Å². The lowest BCUT2D eigenvalue weighted by Gasteiger charge is -2.06. The minimum Gasteiger partial charge on any atom is -0.480 e. The maximum absolute atomic E-state index is 12.6. The fraction of sp³-hybridized carbons (Fsp3) is 0.158. The summed E-state index contributed by atoms with van der Waals surface area (Å²) in [7, 11) is 0. The standard InChI is InChI=1S/C19H15ClN4O3/c1-2-14-17(11-3-5-12(20)6-4-11)18-21-9-13-15(24(18)22-14)7-8-23(19(13)27)10-16(25)26/h3-9H,2,10H2,1H3,(H,25,26). The van der Waals surface area contributed by atoms with Crippen molar-refractivity contribution in [1.29, 1.82) is 0 Å². The summed E-state index contributed by atoms with van der Waals surface area (Å²) in [4.78, 5) is 28.0. The highest BCUT2D eigenvalue weighted by molar-refractivity contribution is 6.30. The topological polar surface area (TPSA) is 89.5 Å². The highest BCUT2D eigenvalue weighted by atomic mass is 35.5. The zero-order valence-electron chi connectivity index (χ0n) is 14.4. The number of aliphatic carboxylic acids is 1. The predicted octanol–water partition coefficient (Wildman–Crippen LogP) is 3.01. The highest BCUT2D eigenvalue weighted by Crippen LogP contribution is 2.30. The number of aromatic nitrogens is 4. The lowest BCUT2D eigenvalue weighted by atomic mass is 10.0. The number of fused-ring (bicyclic) bond motifs is 3. The van der Waals surface area contributed by atoms with Crippen LogP contribution < -0.4 is 5.56 Å². The number of halogens is 1. The second-order valence-electron chi connectivity index (χ2n) is 6.12. The lowest BCUT2D eigenvalue weighted by Crippen LogP contribution is -2.24. The fourth-order valence-corrected chi connectivity index (χ4v) is 3.31. The number of pyridine rings is 1. The van der Waals surface area contributed by atoms with Gasteiger partial charge < -0.3 is 9.67 Å². The van der Waals surface area contributed by atoms with E-state index in [1.165, 1.54) is 12.4 Å². The molecule has 0 amide bonds. The van der Waals surface area contributed by atoms with Gasteiger partial charge in [0.25, 0.3) is 5.56 Å². The van der Waals surface area contributed by atoms with Gasteiger partial charge in [-0.05, 0) is 30.2 Å². The van der Waals surface area contributed by atoms with E-state index in [-0.39, 0.29) is 0 Å². The van der Waals surface area contributed by atoms with Crippen LogP contribution in [0.15, 0.2) is 47.5 Å². The highest BCUT2D eigenvalue weighted by Gasteiger charge is 2.18. The van der Waals surface area contributed by atoms with Crippen LogP contribution in [-0.4, -0.2) is 30.2 Å². The summed E-state index contributed by atoms with van der Waals surface area (Å²) in [5.41, 5.74) is 3.50. The number of carboxylic acids is 1. The molecule has 0 saturated heterocycles. The third-order valence-corrected chi connectivity index (χ3v) is 4.68. The molecular weight excluding hydrogens is 368 g/mol. The monoisotopic (exact) mass is 382 g/mol. The van der Waals surface area contributed by atoms with Gasteiger partial charge in [0, 0.05) is 23.0 Å². The summed E-state index contributed by atoms with van der Waals surface area (Å²) < 4.78 is 2.78. The summed E-state index contributed by atoms with van der Waals surface area (Å²) in [6.07, 6.45) is 3.64. The van der Waals surface area contributed by atoms with Gasteiger partial charge >= 0.3 is 5.97 Å². The van der Waals surface area contributed by atoms with E-state index >= 15 is 0 Å². The molecule has 4 aromatic rings. The molecule has 1 N–H and O–H groups in total. The lowest BCUT2D eigenvalue weighted by molar-refractivity contribution is -0.137. The number of carboxylic acid groups (broad SMARTS) is 1. The van der Waals surface area contributed by atoms with Crippen molar-refractivity contribution < 1.29 is 9.90 Å². The van der Waals surface area contributed by atoms with Gasteiger partial charge in [-0.3, -0.25) is 9.59 Å². The summed E-state index contributed by atoms with van der Waals surface area (Å²) in [5.74, 6) is -1.08. The maximum Gasteiger partial charge on any atom is 0.323 e. The first-order chi connectivity index (χ1) is 13.0. The minimum atomic E-state index is -1.08. The number of nitrogens with zero attached hydrogens (tertiary/aromatic N) is 4. The quantitative estimate of drug-likeness (QED) is 0.586. The molecule has 0 aliphatic heterocycles. The SMILES string of the molecule is CCc1nn2c(ncc3c(=O)n(CC(=O)O)ccc32)c1-c1ccc(Cl)cc1. The molecule has 0 aliphatic carbocycles. The zero-order valence-corrected chi connectivity index (χ0v) is 15.1. The summed E-state index contributed by atoms with van der Waals surface area (Å²) in [6, 6.07) is 9.13. The van der Waals surface area contributed by atoms with Crippen molar-refractivity contribution in [3.8, 4) is 11.1 Å². The van der Waals surface area contributed by atoms with Gasteiger partial charge in [-0.1, -0.05) is 30.7 Å². The molecule has 0 radical (unpaired) electrons. The van der Waals surface area contributed by atoms with Gasteiger partial charge in [0.1, 0.15) is 6.54 Å². The van der Waals surface area contributed by atoms with Gasteiger partial charge in [0.15, 0.2) is 5.65 Å². The van der Waals surface area contributed by atoms with Crippen LogP contribution >= 0.6 is 11.6 Å². The van der Waals surface area contributed by atoms with Crippen molar-refractivity contribution in [3.63, 3.8) is 0 Å². The van der Waals surface area contributed by atoms with Crippen LogP contribution in [0.2, 0.25) is 5.02 Å². The van der Waals surface area contributed by atoms with E-state index in [2.05, 4.69) is 10.1 Å². The smallest absolute Gasteiger partial charge is 0.323 e. The Labute approximate surface area is 158 Å². The van der Waals surface area contributed by atoms with E-state index in [0.717, 1.165) is 21.4 Å². The Balaban J connectivity index is 2.01. The minimum absolute atomic E-state index is 0.319. The van der Waals surface area contributed by atoms with Crippen molar-refractivity contribution in [2.45, 2.75) is 19.9 Å². The van der Waals surface area contributed by atoms with Gasteiger partial charge in [-0.25, -0.2) is 9.50 Å².